The van der Waals surface area contributed by atoms with Gasteiger partial charge in [-0.25, -0.2) is 0 Å². The van der Waals surface area contributed by atoms with E-state index in [9.17, 15) is 35.1 Å². The minimum atomic E-state index is -1.58. The summed E-state index contributed by atoms with van der Waals surface area (Å²) in [7, 11) is 0. The molecule has 1 aliphatic heterocycles. The number of rotatable bonds is 63. The van der Waals surface area contributed by atoms with Crippen molar-refractivity contribution in [2.24, 2.45) is 0 Å². The predicted molar refractivity (Wildman–Crippen MR) is 361 cm³/mol. The van der Waals surface area contributed by atoms with E-state index in [2.05, 4.69) is 79.9 Å². The molecule has 1 amide bonds. The summed E-state index contributed by atoms with van der Waals surface area (Å²) in [6, 6.07) is -0.835. The number of amides is 1. The Labute approximate surface area is 528 Å². The summed E-state index contributed by atoms with van der Waals surface area (Å²) in [6.45, 7) is 4.21. The van der Waals surface area contributed by atoms with Crippen LogP contribution in [0.3, 0.4) is 0 Å². The smallest absolute Gasteiger partial charge is 0.305 e. The Morgan fingerprint density at radius 2 is 0.826 bits per heavy atom. The first kappa shape index (κ1) is 81.1. The zero-order valence-corrected chi connectivity index (χ0v) is 55.5. The largest absolute Gasteiger partial charge is 0.466 e. The second-order valence-corrected chi connectivity index (χ2v) is 24.9. The molecule has 1 saturated heterocycles. The van der Waals surface area contributed by atoms with Crippen molar-refractivity contribution in [2.45, 2.75) is 371 Å². The fourth-order valence-corrected chi connectivity index (χ4v) is 11.1. The summed E-state index contributed by atoms with van der Waals surface area (Å²) in [5.74, 6) is -0.197. The second kappa shape index (κ2) is 63.7. The van der Waals surface area contributed by atoms with Gasteiger partial charge in [0.15, 0.2) is 6.29 Å². The topological polar surface area (TPSA) is 175 Å². The van der Waals surface area contributed by atoms with E-state index in [1.807, 2.05) is 6.08 Å². The van der Waals surface area contributed by atoms with Crippen molar-refractivity contribution in [3.8, 4) is 0 Å². The van der Waals surface area contributed by atoms with E-state index in [0.29, 0.717) is 19.4 Å². The number of hydrogen-bond donors (Lipinski definition) is 6. The van der Waals surface area contributed by atoms with Crippen LogP contribution in [0.2, 0.25) is 0 Å². The van der Waals surface area contributed by atoms with Crippen molar-refractivity contribution >= 4 is 11.9 Å². The molecule has 7 atom stereocenters. The number of carbonyl (C=O) groups is 2. The molecule has 0 spiro atoms. The molecule has 1 heterocycles. The average Bonchev–Trinajstić information content (AvgIpc) is 3.41. The molecule has 1 fully saturated rings. The summed E-state index contributed by atoms with van der Waals surface area (Å²) in [5, 5.41) is 54.3. The first-order chi connectivity index (χ1) is 42.2. The Morgan fingerprint density at radius 1 is 0.442 bits per heavy atom. The molecule has 0 aliphatic carbocycles. The fourth-order valence-electron chi connectivity index (χ4n) is 11.1. The number of esters is 1. The number of hydrogen-bond acceptors (Lipinski definition) is 10. The van der Waals surface area contributed by atoms with Gasteiger partial charge >= 0.3 is 5.97 Å². The highest BCUT2D eigenvalue weighted by atomic mass is 16.7. The molecule has 0 radical (unpaired) electrons. The van der Waals surface area contributed by atoms with Gasteiger partial charge in [0.25, 0.3) is 0 Å². The van der Waals surface area contributed by atoms with E-state index in [1.165, 1.54) is 225 Å². The summed E-state index contributed by atoms with van der Waals surface area (Å²) in [6.07, 6.45) is 76.4. The van der Waals surface area contributed by atoms with Crippen LogP contribution >= 0.6 is 0 Å². The third-order valence-electron chi connectivity index (χ3n) is 16.8. The van der Waals surface area contributed by atoms with Gasteiger partial charge < -0.3 is 45.1 Å². The molecule has 7 unspecified atom stereocenters. The minimum absolute atomic E-state index is 0.00114. The molecule has 0 aromatic carbocycles. The highest BCUT2D eigenvalue weighted by Crippen LogP contribution is 2.23. The summed E-state index contributed by atoms with van der Waals surface area (Å²) >= 11 is 0. The van der Waals surface area contributed by atoms with E-state index in [-0.39, 0.29) is 18.5 Å². The van der Waals surface area contributed by atoms with Crippen molar-refractivity contribution < 1.29 is 49.3 Å². The second-order valence-electron chi connectivity index (χ2n) is 24.9. The van der Waals surface area contributed by atoms with E-state index in [4.69, 9.17) is 14.2 Å². The van der Waals surface area contributed by atoms with Gasteiger partial charge in [-0.05, 0) is 109 Å². The van der Waals surface area contributed by atoms with E-state index in [1.54, 1.807) is 6.08 Å². The molecule has 500 valence electrons. The number of aliphatic hydroxyl groups is 5. The standard InChI is InChI=1S/C75H135NO10/c1-3-5-7-9-11-13-15-16-17-33-37-40-43-47-51-55-59-63-71(80)84-64-60-56-52-48-44-41-38-35-32-30-28-26-24-22-20-18-19-21-23-25-27-29-31-34-36-39-42-46-50-54-58-62-70(79)76-67(66-85-75-74(83)73(82)72(81)69(65-77)86-75)68(78)61-57-53-49-45-14-12-10-8-6-4-2/h6,8,14,16-17,20,22,26,28,45,57,61,67-69,72-75,77-78,81-83H,3-5,7,9-13,15,18-19,21,23-25,27,29-44,46-56,58-60,62-66H2,1-2H3,(H,76,79)/b8-6+,17-16-,22-20-,28-26-,45-14+,61-57+. The number of ether oxygens (including phenoxy) is 3. The van der Waals surface area contributed by atoms with Gasteiger partial charge in [-0.2, -0.15) is 0 Å². The molecule has 86 heavy (non-hydrogen) atoms. The zero-order valence-electron chi connectivity index (χ0n) is 55.5. The summed E-state index contributed by atoms with van der Waals surface area (Å²) < 4.78 is 16.7. The number of unbranched alkanes of at least 4 members (excludes halogenated alkanes) is 39. The van der Waals surface area contributed by atoms with E-state index < -0.39 is 49.5 Å². The lowest BCUT2D eigenvalue weighted by Gasteiger charge is -2.40. The van der Waals surface area contributed by atoms with Gasteiger partial charge in [0.05, 0.1) is 32.0 Å². The van der Waals surface area contributed by atoms with Crippen LogP contribution in [-0.2, 0) is 23.8 Å². The number of aliphatic hydroxyl groups excluding tert-OH is 5. The quantitative estimate of drug-likeness (QED) is 0.0195. The van der Waals surface area contributed by atoms with Crippen molar-refractivity contribution in [1.29, 1.82) is 0 Å². The maximum absolute atomic E-state index is 13.0. The highest BCUT2D eigenvalue weighted by molar-refractivity contribution is 5.76. The predicted octanol–water partition coefficient (Wildman–Crippen LogP) is 18.7. The minimum Gasteiger partial charge on any atom is -0.466 e. The third-order valence-corrected chi connectivity index (χ3v) is 16.8. The molecule has 1 aliphatic rings. The molecular formula is C75H135NO10. The van der Waals surface area contributed by atoms with Gasteiger partial charge in [-0.15, -0.1) is 0 Å². The molecule has 6 N–H and O–H groups in total. The fraction of sp³-hybridized carbons (Fsp3) is 0.813. The summed E-state index contributed by atoms with van der Waals surface area (Å²) in [5.41, 5.74) is 0. The van der Waals surface area contributed by atoms with Gasteiger partial charge in [0, 0.05) is 12.8 Å². The Morgan fingerprint density at radius 3 is 1.28 bits per heavy atom. The molecule has 0 aromatic rings. The van der Waals surface area contributed by atoms with Crippen molar-refractivity contribution in [3.63, 3.8) is 0 Å². The molecular weight excluding hydrogens is 1070 g/mol. The molecule has 0 aromatic heterocycles. The molecule has 11 nitrogen and oxygen atoms in total. The number of carbonyl (C=O) groups excluding carboxylic acids is 2. The molecule has 0 saturated carbocycles. The van der Waals surface area contributed by atoms with Crippen LogP contribution in [-0.4, -0.2) is 100 Å². The van der Waals surface area contributed by atoms with Crippen LogP contribution in [0, 0.1) is 0 Å². The molecule has 11 heteroatoms. The lowest BCUT2D eigenvalue weighted by molar-refractivity contribution is -0.302. The van der Waals surface area contributed by atoms with Crippen LogP contribution in [0.5, 0.6) is 0 Å². The zero-order chi connectivity index (χ0) is 62.3. The Kier molecular flexibility index (Phi) is 60.0. The first-order valence-corrected chi connectivity index (χ1v) is 36.2. The maximum Gasteiger partial charge on any atom is 0.305 e. The SMILES string of the molecule is CC/C=C/CC/C=C/CC/C=C/C(O)C(COC1OC(CO)C(O)C(O)C1O)NC(=O)CCCCCCCCCCCCCCCCC/C=C\C/C=C\CCCCCCCCCCCOC(=O)CCCCCCCCC/C=C\CCCCCCCC. The van der Waals surface area contributed by atoms with Crippen LogP contribution in [0.15, 0.2) is 72.9 Å². The van der Waals surface area contributed by atoms with Crippen molar-refractivity contribution in [2.75, 3.05) is 19.8 Å². The Balaban J connectivity index is 1.93. The highest BCUT2D eigenvalue weighted by Gasteiger charge is 2.44. The number of nitrogens with one attached hydrogen (secondary N) is 1. The normalized spacial score (nSPS) is 18.3. The summed E-state index contributed by atoms with van der Waals surface area (Å²) in [4.78, 5) is 25.1. The van der Waals surface area contributed by atoms with Gasteiger partial charge in [-0.1, -0.05) is 279 Å². The van der Waals surface area contributed by atoms with Crippen LogP contribution < -0.4 is 5.32 Å². The first-order valence-electron chi connectivity index (χ1n) is 36.2. The molecule has 0 bridgehead atoms. The Hall–Kier alpha value is -2.90. The van der Waals surface area contributed by atoms with Gasteiger partial charge in [0.1, 0.15) is 24.4 Å². The van der Waals surface area contributed by atoms with Crippen LogP contribution in [0.4, 0.5) is 0 Å². The Bertz CT molecular complexity index is 1660. The van der Waals surface area contributed by atoms with E-state index in [0.717, 1.165) is 77.0 Å². The molecule has 1 rings (SSSR count). The maximum atomic E-state index is 13.0. The van der Waals surface area contributed by atoms with Crippen molar-refractivity contribution in [1.82, 2.24) is 5.32 Å². The third kappa shape index (κ3) is 51.9. The lowest BCUT2D eigenvalue weighted by atomic mass is 9.99. The van der Waals surface area contributed by atoms with Gasteiger partial charge in [-0.3, -0.25) is 9.59 Å². The van der Waals surface area contributed by atoms with E-state index >= 15 is 0 Å². The van der Waals surface area contributed by atoms with Crippen LogP contribution in [0.25, 0.3) is 0 Å². The average molecular weight is 1210 g/mol. The lowest BCUT2D eigenvalue weighted by Crippen LogP contribution is -2.60. The number of allylic oxidation sites excluding steroid dienone is 11. The monoisotopic (exact) mass is 1210 g/mol. The van der Waals surface area contributed by atoms with Gasteiger partial charge in [0.2, 0.25) is 5.91 Å². The van der Waals surface area contributed by atoms with Crippen molar-refractivity contribution in [3.05, 3.63) is 72.9 Å². The van der Waals surface area contributed by atoms with Crippen LogP contribution in [0.1, 0.15) is 328 Å².